The van der Waals surface area contributed by atoms with Crippen molar-refractivity contribution in [2.75, 3.05) is 31.0 Å². The third-order valence-electron chi connectivity index (χ3n) is 5.94. The molecule has 3 aromatic rings. The van der Waals surface area contributed by atoms with Gasteiger partial charge in [-0.1, -0.05) is 19.3 Å². The van der Waals surface area contributed by atoms with Crippen molar-refractivity contribution >= 4 is 39.9 Å². The number of nitrogens with zero attached hydrogens (tertiary/aromatic N) is 2. The first-order chi connectivity index (χ1) is 17.5. The van der Waals surface area contributed by atoms with Crippen LogP contribution in [0, 0.1) is 5.82 Å². The van der Waals surface area contributed by atoms with Crippen molar-refractivity contribution < 1.29 is 23.5 Å². The Bertz CT molecular complexity index is 1200. The number of hydrogen-bond donors (Lipinski definition) is 3. The van der Waals surface area contributed by atoms with Crippen LogP contribution in [-0.2, 0) is 14.3 Å². The molecule has 1 aliphatic rings. The number of amides is 2. The van der Waals surface area contributed by atoms with Crippen LogP contribution in [0.3, 0.4) is 0 Å². The first kappa shape index (κ1) is 25.3. The molecule has 0 unspecified atom stereocenters. The van der Waals surface area contributed by atoms with Crippen LogP contribution in [0.1, 0.15) is 38.5 Å². The lowest BCUT2D eigenvalue weighted by Crippen LogP contribution is -2.37. The molecule has 4 rings (SSSR count). The molecule has 1 heterocycles. The van der Waals surface area contributed by atoms with Gasteiger partial charge < -0.3 is 25.4 Å². The average Bonchev–Trinajstić information content (AvgIpc) is 2.86. The van der Waals surface area contributed by atoms with E-state index in [0.29, 0.717) is 41.7 Å². The van der Waals surface area contributed by atoms with Crippen molar-refractivity contribution in [1.82, 2.24) is 15.3 Å². The molecule has 36 heavy (non-hydrogen) atoms. The van der Waals surface area contributed by atoms with Gasteiger partial charge in [-0.25, -0.2) is 14.4 Å². The van der Waals surface area contributed by atoms with Gasteiger partial charge in [0, 0.05) is 36.7 Å². The minimum Gasteiger partial charge on any atom is -0.491 e. The lowest BCUT2D eigenvalue weighted by atomic mass is 9.95. The molecule has 2 amide bonds. The number of carbonyl (C=O) groups excluding carboxylic acids is 2. The fourth-order valence-electron chi connectivity index (χ4n) is 4.19. The maximum Gasteiger partial charge on any atom is 0.233 e. The smallest absolute Gasteiger partial charge is 0.233 e. The lowest BCUT2D eigenvalue weighted by Gasteiger charge is -2.22. The number of carbonyl (C=O) groups is 2. The lowest BCUT2D eigenvalue weighted by molar-refractivity contribution is -0.127. The Kier molecular flexibility index (Phi) is 8.62. The average molecular weight is 496 g/mol. The van der Waals surface area contributed by atoms with E-state index in [4.69, 9.17) is 9.47 Å². The van der Waals surface area contributed by atoms with Crippen LogP contribution in [0.4, 0.5) is 21.6 Å². The van der Waals surface area contributed by atoms with Crippen LogP contribution in [0.15, 0.2) is 42.7 Å². The highest BCUT2D eigenvalue weighted by Gasteiger charge is 2.18. The molecule has 3 N–H and O–H groups in total. The second kappa shape index (κ2) is 12.3. The van der Waals surface area contributed by atoms with E-state index in [1.807, 2.05) is 0 Å². The summed E-state index contributed by atoms with van der Waals surface area (Å²) >= 11 is 0. The number of methoxy groups -OCH3 is 1. The quantitative estimate of drug-likeness (QED) is 0.284. The van der Waals surface area contributed by atoms with Gasteiger partial charge >= 0.3 is 0 Å². The van der Waals surface area contributed by atoms with Gasteiger partial charge in [0.2, 0.25) is 11.8 Å². The first-order valence-electron chi connectivity index (χ1n) is 12.0. The predicted molar refractivity (Wildman–Crippen MR) is 135 cm³/mol. The zero-order valence-corrected chi connectivity index (χ0v) is 20.2. The van der Waals surface area contributed by atoms with E-state index in [0.717, 1.165) is 25.7 Å². The molecule has 2 aromatic carbocycles. The van der Waals surface area contributed by atoms with Crippen molar-refractivity contribution in [3.05, 3.63) is 48.5 Å². The zero-order valence-electron chi connectivity index (χ0n) is 20.2. The standard InChI is InChI=1S/C26H30FN5O4/c1-35-11-12-36-20-13-21(27)25-22(14-20)28-16-29-26(25)32-19-9-7-18(8-10-19)31-24(34)15-23(33)30-17-5-3-2-4-6-17/h7-10,13-14,16-17H,2-6,11-12,15H2,1H3,(H,30,33)(H,31,34)(H,28,29,32). The molecular weight excluding hydrogens is 465 g/mol. The van der Waals surface area contributed by atoms with E-state index >= 15 is 0 Å². The number of aromatic nitrogens is 2. The van der Waals surface area contributed by atoms with Gasteiger partial charge in [0.15, 0.2) is 0 Å². The summed E-state index contributed by atoms with van der Waals surface area (Å²) < 4.78 is 25.3. The topological polar surface area (TPSA) is 114 Å². The maximum atomic E-state index is 14.9. The molecule has 0 bridgehead atoms. The van der Waals surface area contributed by atoms with Crippen LogP contribution >= 0.6 is 0 Å². The van der Waals surface area contributed by atoms with Gasteiger partial charge in [-0.15, -0.1) is 0 Å². The van der Waals surface area contributed by atoms with Crippen molar-refractivity contribution in [2.24, 2.45) is 0 Å². The van der Waals surface area contributed by atoms with E-state index in [9.17, 15) is 14.0 Å². The van der Waals surface area contributed by atoms with Crippen molar-refractivity contribution in [1.29, 1.82) is 0 Å². The molecule has 190 valence electrons. The molecular formula is C26H30FN5O4. The molecule has 1 aromatic heterocycles. The first-order valence-corrected chi connectivity index (χ1v) is 12.0. The Morgan fingerprint density at radius 2 is 1.75 bits per heavy atom. The largest absolute Gasteiger partial charge is 0.491 e. The molecule has 10 heteroatoms. The molecule has 0 saturated heterocycles. The van der Waals surface area contributed by atoms with E-state index in [-0.39, 0.29) is 29.7 Å². The number of halogens is 1. The molecule has 1 saturated carbocycles. The maximum absolute atomic E-state index is 14.9. The Morgan fingerprint density at radius 1 is 1.00 bits per heavy atom. The Labute approximate surface area is 208 Å². The molecule has 9 nitrogen and oxygen atoms in total. The van der Waals surface area contributed by atoms with E-state index in [2.05, 4.69) is 25.9 Å². The highest BCUT2D eigenvalue weighted by molar-refractivity contribution is 6.03. The summed E-state index contributed by atoms with van der Waals surface area (Å²) in [5.74, 6) is -0.497. The molecule has 0 atom stereocenters. The van der Waals surface area contributed by atoms with Crippen LogP contribution in [-0.4, -0.2) is 48.1 Å². The zero-order chi connectivity index (χ0) is 25.3. The molecule has 0 spiro atoms. The number of ether oxygens (including phenoxy) is 2. The van der Waals surface area contributed by atoms with Gasteiger partial charge in [0.05, 0.1) is 17.5 Å². The van der Waals surface area contributed by atoms with Gasteiger partial charge in [-0.3, -0.25) is 9.59 Å². The monoisotopic (exact) mass is 495 g/mol. The van der Waals surface area contributed by atoms with Gasteiger partial charge in [-0.05, 0) is 37.1 Å². The number of rotatable bonds is 10. The fraction of sp³-hybridized carbons (Fsp3) is 0.385. The van der Waals surface area contributed by atoms with Gasteiger partial charge in [0.1, 0.15) is 36.7 Å². The Hall–Kier alpha value is -3.79. The van der Waals surface area contributed by atoms with Gasteiger partial charge in [0.25, 0.3) is 0 Å². The SMILES string of the molecule is COCCOc1cc(F)c2c(Nc3ccc(NC(=O)CC(=O)NC4CCCCC4)cc3)ncnc2c1. The third-order valence-corrected chi connectivity index (χ3v) is 5.94. The second-order valence-electron chi connectivity index (χ2n) is 8.69. The summed E-state index contributed by atoms with van der Waals surface area (Å²) in [7, 11) is 1.56. The van der Waals surface area contributed by atoms with Crippen LogP contribution < -0.4 is 20.7 Å². The number of hydrogen-bond acceptors (Lipinski definition) is 7. The number of anilines is 3. The van der Waals surface area contributed by atoms with E-state index in [1.54, 1.807) is 37.4 Å². The van der Waals surface area contributed by atoms with Crippen LogP contribution in [0.2, 0.25) is 0 Å². The minimum atomic E-state index is -0.515. The van der Waals surface area contributed by atoms with Crippen molar-refractivity contribution in [2.45, 2.75) is 44.6 Å². The van der Waals surface area contributed by atoms with E-state index in [1.165, 1.54) is 18.8 Å². The van der Waals surface area contributed by atoms with Crippen LogP contribution in [0.25, 0.3) is 10.9 Å². The predicted octanol–water partition coefficient (Wildman–Crippen LogP) is 4.32. The molecule has 0 radical (unpaired) electrons. The van der Waals surface area contributed by atoms with Crippen molar-refractivity contribution in [3.8, 4) is 5.75 Å². The molecule has 1 aliphatic carbocycles. The summed E-state index contributed by atoms with van der Waals surface area (Å²) in [5.41, 5.74) is 1.59. The molecule has 0 aliphatic heterocycles. The second-order valence-corrected chi connectivity index (χ2v) is 8.69. The van der Waals surface area contributed by atoms with Crippen molar-refractivity contribution in [3.63, 3.8) is 0 Å². The van der Waals surface area contributed by atoms with E-state index < -0.39 is 5.82 Å². The highest BCUT2D eigenvalue weighted by atomic mass is 19.1. The highest BCUT2D eigenvalue weighted by Crippen LogP contribution is 2.29. The third kappa shape index (κ3) is 6.88. The summed E-state index contributed by atoms with van der Waals surface area (Å²) in [6.07, 6.45) is 6.48. The summed E-state index contributed by atoms with van der Waals surface area (Å²) in [6, 6.07) is 9.94. The van der Waals surface area contributed by atoms with Gasteiger partial charge in [-0.2, -0.15) is 0 Å². The summed E-state index contributed by atoms with van der Waals surface area (Å²) in [6.45, 7) is 0.687. The van der Waals surface area contributed by atoms with Crippen LogP contribution in [0.5, 0.6) is 5.75 Å². The fourth-order valence-corrected chi connectivity index (χ4v) is 4.19. The summed E-state index contributed by atoms with van der Waals surface area (Å²) in [4.78, 5) is 32.8. The number of benzene rings is 2. The normalized spacial score (nSPS) is 13.8. The number of nitrogens with one attached hydrogen (secondary N) is 3. The Balaban J connectivity index is 1.36. The minimum absolute atomic E-state index is 0.168. The Morgan fingerprint density at radius 3 is 2.50 bits per heavy atom. The summed E-state index contributed by atoms with van der Waals surface area (Å²) in [5, 5.41) is 9.00. The molecule has 1 fully saturated rings. The number of fused-ring (bicyclic) bond motifs is 1.